The normalized spacial score (nSPS) is 29.4. The van der Waals surface area contributed by atoms with E-state index in [0.29, 0.717) is 38.4 Å². The van der Waals surface area contributed by atoms with Crippen molar-refractivity contribution in [3.8, 4) is 0 Å². The number of hydrogen-bond acceptors (Lipinski definition) is 10. The number of carbonyl (C=O) groups is 1. The van der Waals surface area contributed by atoms with Crippen molar-refractivity contribution in [2.45, 2.75) is 154 Å². The molecule has 0 N–H and O–H groups in total. The lowest BCUT2D eigenvalue weighted by Gasteiger charge is -2.49. The van der Waals surface area contributed by atoms with Crippen LogP contribution in [0, 0.1) is 18.8 Å². The van der Waals surface area contributed by atoms with Gasteiger partial charge in [0.15, 0.2) is 14.2 Å². The lowest BCUT2D eigenvalue weighted by Crippen LogP contribution is -2.55. The summed E-state index contributed by atoms with van der Waals surface area (Å²) in [4.78, 5) is 22.5. The first-order valence-corrected chi connectivity index (χ1v) is 24.5. The number of ketones is 1. The molecule has 0 radical (unpaired) electrons. The van der Waals surface area contributed by atoms with E-state index in [4.69, 9.17) is 32.8 Å². The molecule has 11 heteroatoms. The number of rotatable bonds is 14. The first-order chi connectivity index (χ1) is 27.0. The van der Waals surface area contributed by atoms with Crippen LogP contribution in [0.4, 0.5) is 0 Å². The quantitative estimate of drug-likeness (QED) is 0.116. The zero-order valence-corrected chi connectivity index (χ0v) is 37.3. The van der Waals surface area contributed by atoms with Crippen molar-refractivity contribution in [1.82, 2.24) is 9.97 Å². The van der Waals surface area contributed by atoms with Crippen LogP contribution in [0.15, 0.2) is 70.2 Å². The largest absolute Gasteiger partial charge is 0.449 e. The molecule has 3 aromatic rings. The van der Waals surface area contributed by atoms with Crippen molar-refractivity contribution in [1.29, 1.82) is 0 Å². The van der Waals surface area contributed by atoms with Crippen LogP contribution < -0.4 is 0 Å². The van der Waals surface area contributed by atoms with Crippen molar-refractivity contribution in [2.24, 2.45) is 11.8 Å². The lowest BCUT2D eigenvalue weighted by molar-refractivity contribution is -0.143. The Kier molecular flexibility index (Phi) is 14.4. The summed E-state index contributed by atoms with van der Waals surface area (Å²) in [6.07, 6.45) is 10.8. The van der Waals surface area contributed by atoms with E-state index >= 15 is 0 Å². The van der Waals surface area contributed by atoms with Gasteiger partial charge in [0.1, 0.15) is 28.9 Å². The third kappa shape index (κ3) is 11.6. The lowest BCUT2D eigenvalue weighted by atomic mass is 9.79. The van der Waals surface area contributed by atoms with Gasteiger partial charge >= 0.3 is 0 Å². The molecule has 3 aliphatic rings. The zero-order valence-electron chi connectivity index (χ0n) is 35.5. The molecule has 0 unspecified atom stereocenters. The summed E-state index contributed by atoms with van der Waals surface area (Å²) in [5, 5.41) is 3.00. The Bertz CT molecular complexity index is 1860. The van der Waals surface area contributed by atoms with Gasteiger partial charge in [0.25, 0.3) is 0 Å². The van der Waals surface area contributed by atoms with Gasteiger partial charge in [0.05, 0.1) is 55.5 Å². The van der Waals surface area contributed by atoms with Gasteiger partial charge < -0.3 is 27.8 Å². The van der Waals surface area contributed by atoms with Gasteiger partial charge in [-0.15, -0.1) is 11.3 Å². The molecule has 3 fully saturated rings. The SMILES string of the molecule is C=C1C[C@H](C[C@@H]2CC(=O)C[C@H](c3csc(/C=C/C[C@H]4O[C@@H](/C(C)=C/c5coc(C)n5)[C@H](C)[C@@H](O[Si](C)(C)C(C)(C)C)[C@H]4C)n3)O2)O[C@@H](COCc2ccccc2)C1. The van der Waals surface area contributed by atoms with Crippen LogP contribution in [-0.4, -0.2) is 67.3 Å². The molecular formula is C46H64N2O7SSi. The first kappa shape index (κ1) is 43.5. The number of benzene rings is 1. The topological polar surface area (TPSA) is 102 Å². The maximum Gasteiger partial charge on any atom is 0.192 e. The van der Waals surface area contributed by atoms with Crippen LogP contribution in [0.5, 0.6) is 0 Å². The van der Waals surface area contributed by atoms with Crippen LogP contribution in [0.3, 0.4) is 0 Å². The molecule has 2 aromatic heterocycles. The molecule has 9 nitrogen and oxygen atoms in total. The van der Waals surface area contributed by atoms with E-state index < -0.39 is 8.32 Å². The molecule has 0 bridgehead atoms. The summed E-state index contributed by atoms with van der Waals surface area (Å²) in [5.74, 6) is 1.18. The summed E-state index contributed by atoms with van der Waals surface area (Å²) in [7, 11) is -2.06. The average molecular weight is 817 g/mol. The second-order valence-electron chi connectivity index (χ2n) is 18.1. The maximum absolute atomic E-state index is 13.0. The molecule has 57 heavy (non-hydrogen) atoms. The van der Waals surface area contributed by atoms with E-state index in [-0.39, 0.29) is 65.4 Å². The molecule has 310 valence electrons. The molecule has 0 amide bonds. The molecule has 0 spiro atoms. The Morgan fingerprint density at radius 1 is 1.00 bits per heavy atom. The van der Waals surface area contributed by atoms with Crippen molar-refractivity contribution in [2.75, 3.05) is 6.61 Å². The molecule has 5 heterocycles. The Balaban J connectivity index is 1.07. The molecule has 3 aliphatic heterocycles. The number of carbonyl (C=O) groups excluding carboxylic acids is 1. The highest BCUT2D eigenvalue weighted by Crippen LogP contribution is 2.44. The smallest absolute Gasteiger partial charge is 0.192 e. The summed E-state index contributed by atoms with van der Waals surface area (Å²) >= 11 is 1.57. The Hall–Kier alpha value is -3.03. The fourth-order valence-corrected chi connectivity index (χ4v) is 10.3. The third-order valence-electron chi connectivity index (χ3n) is 12.2. The second-order valence-corrected chi connectivity index (χ2v) is 23.7. The van der Waals surface area contributed by atoms with Crippen LogP contribution in [-0.2, 0) is 34.8 Å². The van der Waals surface area contributed by atoms with Gasteiger partial charge in [0, 0.05) is 43.4 Å². The summed E-state index contributed by atoms with van der Waals surface area (Å²) in [6.45, 7) is 25.4. The highest BCUT2D eigenvalue weighted by molar-refractivity contribution is 7.10. The Labute approximate surface area is 345 Å². The zero-order chi connectivity index (χ0) is 40.9. The number of thiazole rings is 1. The molecule has 6 rings (SSSR count). The van der Waals surface area contributed by atoms with E-state index in [1.165, 1.54) is 0 Å². The van der Waals surface area contributed by atoms with Gasteiger partial charge in [-0.1, -0.05) is 83.2 Å². The number of hydrogen-bond donors (Lipinski definition) is 0. The summed E-state index contributed by atoms with van der Waals surface area (Å²) in [6, 6.07) is 10.2. The van der Waals surface area contributed by atoms with Crippen molar-refractivity contribution in [3.05, 3.63) is 93.6 Å². The van der Waals surface area contributed by atoms with Gasteiger partial charge in [-0.25, -0.2) is 9.97 Å². The summed E-state index contributed by atoms with van der Waals surface area (Å²) in [5.41, 5.74) is 5.01. The summed E-state index contributed by atoms with van der Waals surface area (Å²) < 4.78 is 38.6. The van der Waals surface area contributed by atoms with Crippen molar-refractivity contribution < 1.29 is 32.6 Å². The van der Waals surface area contributed by atoms with Gasteiger partial charge in [-0.05, 0) is 67.6 Å². The minimum absolute atomic E-state index is 0.0433. The molecule has 1 aromatic carbocycles. The Morgan fingerprint density at radius 3 is 2.46 bits per heavy atom. The second kappa shape index (κ2) is 18.9. The maximum atomic E-state index is 13.0. The number of oxazole rings is 1. The number of aryl methyl sites for hydroxylation is 1. The van der Waals surface area contributed by atoms with Gasteiger partial charge in [-0.2, -0.15) is 0 Å². The third-order valence-corrected chi connectivity index (χ3v) is 17.5. The highest BCUT2D eigenvalue weighted by Gasteiger charge is 2.47. The van der Waals surface area contributed by atoms with Crippen LogP contribution in [0.1, 0.15) is 114 Å². The molecular weight excluding hydrogens is 753 g/mol. The number of aromatic nitrogens is 2. The van der Waals surface area contributed by atoms with Crippen LogP contribution in [0.2, 0.25) is 18.1 Å². The van der Waals surface area contributed by atoms with Gasteiger partial charge in [0.2, 0.25) is 0 Å². The van der Waals surface area contributed by atoms with Crippen molar-refractivity contribution >= 4 is 37.6 Å². The Morgan fingerprint density at radius 2 is 1.74 bits per heavy atom. The van der Waals surface area contributed by atoms with Crippen LogP contribution >= 0.6 is 11.3 Å². The minimum atomic E-state index is -2.06. The fourth-order valence-electron chi connectivity index (χ4n) is 8.11. The van der Waals surface area contributed by atoms with Crippen molar-refractivity contribution in [3.63, 3.8) is 0 Å². The van der Waals surface area contributed by atoms with E-state index in [1.54, 1.807) is 17.6 Å². The van der Waals surface area contributed by atoms with E-state index in [2.05, 4.69) is 96.6 Å². The number of nitrogens with zero attached hydrogens (tertiary/aromatic N) is 2. The van der Waals surface area contributed by atoms with E-state index in [1.807, 2.05) is 30.5 Å². The molecule has 3 saturated heterocycles. The predicted octanol–water partition coefficient (Wildman–Crippen LogP) is 10.9. The monoisotopic (exact) mass is 816 g/mol. The standard InChI is InChI=1S/C46H64N2O7SSi/c1-29-19-37(52-39(20-29)27-50-25-34-15-12-11-13-16-34)24-38-22-36(49)23-42(53-38)40-28-56-43(48-40)18-14-17-41-31(3)45(55-57(9,10)46(6,7)8)32(4)44(54-41)30(2)21-35-26-51-33(5)47-35/h11-16,18,21,26,28,31-32,37-39,41-42,44-45H,1,17,19-20,22-25,27H2,2-10H3/b18-14+,30-21+/t31-,32-,37+,38-,39+,41+,42+,44-,45-/m0/s1. The molecule has 0 aliphatic carbocycles. The van der Waals surface area contributed by atoms with E-state index in [9.17, 15) is 4.79 Å². The number of ether oxygens (including phenoxy) is 4. The highest BCUT2D eigenvalue weighted by atomic mass is 32.1. The van der Waals surface area contributed by atoms with Gasteiger partial charge in [-0.3, -0.25) is 4.79 Å². The average Bonchev–Trinajstić information content (AvgIpc) is 3.79. The fraction of sp³-hybridized carbons (Fsp3) is 0.587. The predicted molar refractivity (Wildman–Crippen MR) is 229 cm³/mol. The molecule has 9 atom stereocenters. The van der Waals surface area contributed by atoms with Crippen LogP contribution in [0.25, 0.3) is 12.2 Å². The minimum Gasteiger partial charge on any atom is -0.449 e. The number of Topliss-reactive ketones (excluding diaryl/α,β-unsaturated/α-hetero) is 1. The first-order valence-electron chi connectivity index (χ1n) is 20.7. The molecule has 0 saturated carbocycles. The van der Waals surface area contributed by atoms with E-state index in [0.717, 1.165) is 52.4 Å².